The summed E-state index contributed by atoms with van der Waals surface area (Å²) >= 11 is 2.81. The second kappa shape index (κ2) is 46.7. The van der Waals surface area contributed by atoms with Gasteiger partial charge < -0.3 is 137 Å². The van der Waals surface area contributed by atoms with Crippen LogP contribution in [-0.2, 0) is 97.6 Å². The summed E-state index contributed by atoms with van der Waals surface area (Å²) in [5.41, 5.74) is 1.14. The number of carboxylic acids is 2. The molecule has 4 fully saturated rings. The molecule has 2 aromatic heterocycles. The Bertz CT molecular complexity index is 3560. The molecule has 4 saturated heterocycles. The summed E-state index contributed by atoms with van der Waals surface area (Å²) in [6.45, 7) is 3.31. The first-order valence-corrected chi connectivity index (χ1v) is 39.1. The van der Waals surface area contributed by atoms with Crippen LogP contribution in [0.3, 0.4) is 0 Å². The number of thioether (sulfide) groups is 3. The van der Waals surface area contributed by atoms with Crippen LogP contribution >= 0.6 is 35.3 Å². The molecule has 4 aliphatic rings. The minimum atomic E-state index is -2.26. The van der Waals surface area contributed by atoms with Crippen LogP contribution in [0, 0.1) is 0 Å². The lowest BCUT2D eigenvalue weighted by Gasteiger charge is -2.46. The molecule has 0 aliphatic carbocycles. The van der Waals surface area contributed by atoms with E-state index in [1.807, 2.05) is 0 Å². The number of ether oxygens (including phenoxy) is 8. The molecule has 6 heterocycles. The molecule has 112 heavy (non-hydrogen) atoms. The van der Waals surface area contributed by atoms with Gasteiger partial charge in [0.05, 0.1) is 190 Å². The molecule has 15 atom stereocenters. The summed E-state index contributed by atoms with van der Waals surface area (Å²) in [4.78, 5) is 122. The first-order valence-electron chi connectivity index (χ1n) is 36.1. The normalized spacial score (nSPS) is 23.8. The Kier molecular flexibility index (Phi) is 38.2. The summed E-state index contributed by atoms with van der Waals surface area (Å²) in [6.07, 6.45) is -9.69. The summed E-state index contributed by atoms with van der Waals surface area (Å²) in [6, 6.07) is 1.51. The van der Waals surface area contributed by atoms with Crippen LogP contribution in [0.5, 0.6) is 0 Å². The Hall–Kier alpha value is -7.59. The molecule has 3 aromatic rings. The van der Waals surface area contributed by atoms with Crippen LogP contribution in [0.1, 0.15) is 84.5 Å². The van der Waals surface area contributed by atoms with Crippen molar-refractivity contribution < 1.29 is 137 Å². The molecule has 19 N–H and O–H groups in total. The standard InChI is InChI=1S/C66H101N15O28S3/c1-37(84)71-54-45(86)26-65(62(97)98,108-58(54)56(93)47(88)32-82)111-35-51(91)67-9-13-102-17-21-106-23-19-104-15-11-80-30-40(76-78-80)28-69-60(95)39-7-8-42(43(25-39)73-50(90)6-4-3-5-49-53-44(34-110-49)74-64(101)75-53)61(96)70-29-41-31-81(79-77-41)12-16-105-20-24-107-22-18-103-14-10-68-52(92)36-112-66(63(99)100)27-46(87)55(72-38(2)85)59(109-66)57(94)48(89)33-83/h7-8,25,30-31,44-49,53-59,82-83,86-89,93-94H,3-6,9-24,26-29,32-36H2,1-2H3,(H,67,91)(H,68,92)(H,69,95)(H,70,96)(H,71,84)(H,72,85)(H,73,90)(H,97,98)(H,99,100)(H2,74,75,101)/t44?,45?,46?,47-,48-,49?,53?,54?,55?,56-,57-,58?,59?,65?,66?/m1/s1. The third-order valence-electron chi connectivity index (χ3n) is 17.7. The van der Waals surface area contributed by atoms with Gasteiger partial charge in [-0.2, -0.15) is 11.8 Å². The quantitative estimate of drug-likeness (QED) is 0.0185. The SMILES string of the molecule is CC(=O)NC1C(O)CC(SCC(=O)NCCOCCOCCOCCn2cc(CNC(=O)c3ccc(C(=O)NCc4cn(CCOCCOCCOCCNC(=O)CSC5(C(=O)O)CC(O)C(NC(C)=O)C([C@H](O)[C@H](O)CO)O5)nn4)c(NC(=O)CCCCC4SCC5NC(=O)NC54)c3)nn2)(C(=O)O)OC1[C@H](O)[C@H](O)CO. The number of nitrogens with one attached hydrogen (secondary N) is 9. The fourth-order valence-corrected chi connectivity index (χ4v) is 15.7. The third kappa shape index (κ3) is 28.7. The molecule has 0 saturated carbocycles. The van der Waals surface area contributed by atoms with E-state index in [-0.39, 0.29) is 158 Å². The maximum Gasteiger partial charge on any atom is 0.346 e. The zero-order chi connectivity index (χ0) is 81.3. The number of hydrogen-bond acceptors (Lipinski definition) is 33. The average Bonchev–Trinajstić information content (AvgIpc) is 0.932. The maximum atomic E-state index is 13.8. The second-order valence-corrected chi connectivity index (χ2v) is 29.9. The number of carboxylic acid groups (broad SMARTS) is 2. The number of rotatable bonds is 52. The number of hydrogen-bond donors (Lipinski definition) is 19. The van der Waals surface area contributed by atoms with E-state index in [0.717, 1.165) is 26.0 Å². The van der Waals surface area contributed by atoms with Crippen molar-refractivity contribution in [2.45, 2.75) is 167 Å². The molecule has 0 spiro atoms. The number of aliphatic hydroxyl groups excluding tert-OH is 8. The monoisotopic (exact) mass is 1650 g/mol. The van der Waals surface area contributed by atoms with E-state index in [9.17, 15) is 99.0 Å². The molecule has 9 amide bonds. The number of aliphatic carboxylic acids is 2. The van der Waals surface area contributed by atoms with Crippen LogP contribution in [-0.4, -0.2) is 351 Å². The number of aliphatic hydroxyl groups is 8. The van der Waals surface area contributed by atoms with E-state index in [4.69, 9.17) is 37.9 Å². The van der Waals surface area contributed by atoms with Gasteiger partial charge in [0.25, 0.3) is 11.8 Å². The van der Waals surface area contributed by atoms with E-state index >= 15 is 0 Å². The Morgan fingerprint density at radius 3 is 1.53 bits per heavy atom. The van der Waals surface area contributed by atoms with Gasteiger partial charge in [0.15, 0.2) is 0 Å². The summed E-state index contributed by atoms with van der Waals surface area (Å²) in [5.74, 6) is -7.23. The largest absolute Gasteiger partial charge is 0.478 e. The van der Waals surface area contributed by atoms with Crippen LogP contribution < -0.4 is 47.9 Å². The fourth-order valence-electron chi connectivity index (χ4n) is 12.0. The van der Waals surface area contributed by atoms with Gasteiger partial charge in [0, 0.05) is 62.8 Å². The van der Waals surface area contributed by atoms with E-state index in [2.05, 4.69) is 68.5 Å². The van der Waals surface area contributed by atoms with E-state index < -0.39 is 156 Å². The summed E-state index contributed by atoms with van der Waals surface area (Å²) in [7, 11) is 0. The van der Waals surface area contributed by atoms with Gasteiger partial charge in [0.1, 0.15) is 48.0 Å². The van der Waals surface area contributed by atoms with Crippen molar-refractivity contribution in [2.24, 2.45) is 0 Å². The van der Waals surface area contributed by atoms with Gasteiger partial charge in [0.2, 0.25) is 39.4 Å². The van der Waals surface area contributed by atoms with Gasteiger partial charge in [-0.1, -0.05) is 16.8 Å². The predicted octanol–water partition coefficient (Wildman–Crippen LogP) is -6.51. The average molecular weight is 1650 g/mol. The molecular formula is C66H101N15O28S3. The first-order chi connectivity index (χ1) is 53.6. The Morgan fingerprint density at radius 2 is 1.07 bits per heavy atom. The number of urea groups is 1. The molecule has 4 aliphatic heterocycles. The number of carbonyl (C=O) groups is 10. The lowest BCUT2D eigenvalue weighted by atomic mass is 9.90. The van der Waals surface area contributed by atoms with E-state index in [0.29, 0.717) is 60.8 Å². The highest BCUT2D eigenvalue weighted by Gasteiger charge is 2.57. The van der Waals surface area contributed by atoms with Crippen molar-refractivity contribution in [1.82, 2.24) is 72.5 Å². The number of nitrogens with zero attached hydrogens (tertiary/aromatic N) is 6. The molecule has 626 valence electrons. The van der Waals surface area contributed by atoms with Crippen molar-refractivity contribution in [3.05, 3.63) is 53.1 Å². The van der Waals surface area contributed by atoms with E-state index in [1.165, 1.54) is 27.6 Å². The number of anilines is 1. The van der Waals surface area contributed by atoms with Gasteiger partial charge in [-0.3, -0.25) is 33.6 Å². The van der Waals surface area contributed by atoms with Gasteiger partial charge >= 0.3 is 18.0 Å². The minimum Gasteiger partial charge on any atom is -0.478 e. The Labute approximate surface area is 654 Å². The smallest absolute Gasteiger partial charge is 0.346 e. The van der Waals surface area contributed by atoms with Gasteiger partial charge in [-0.25, -0.2) is 23.7 Å². The maximum absolute atomic E-state index is 13.8. The highest BCUT2D eigenvalue weighted by molar-refractivity contribution is 8.02. The fraction of sp³-hybridized carbons (Fsp3) is 0.697. The van der Waals surface area contributed by atoms with Crippen molar-refractivity contribution in [3.63, 3.8) is 0 Å². The lowest BCUT2D eigenvalue weighted by molar-refractivity contribution is -0.205. The van der Waals surface area contributed by atoms with Crippen LogP contribution in [0.4, 0.5) is 10.5 Å². The van der Waals surface area contributed by atoms with Crippen LogP contribution in [0.15, 0.2) is 30.6 Å². The third-order valence-corrected chi connectivity index (χ3v) is 21.8. The molecule has 0 bridgehead atoms. The zero-order valence-electron chi connectivity index (χ0n) is 61.6. The minimum absolute atomic E-state index is 0.0214. The van der Waals surface area contributed by atoms with Crippen molar-refractivity contribution in [3.8, 4) is 0 Å². The van der Waals surface area contributed by atoms with Gasteiger partial charge in [-0.05, 0) is 31.0 Å². The predicted molar refractivity (Wildman–Crippen MR) is 392 cm³/mol. The Balaban J connectivity index is 0.757. The topological polar surface area (TPSA) is 617 Å². The van der Waals surface area contributed by atoms with Crippen LogP contribution in [0.25, 0.3) is 0 Å². The number of benzene rings is 1. The summed E-state index contributed by atoms with van der Waals surface area (Å²) in [5, 5.41) is 143. The second-order valence-electron chi connectivity index (χ2n) is 26.2. The molecular weight excluding hydrogens is 1550 g/mol. The molecule has 11 unspecified atom stereocenters. The molecule has 46 heteroatoms. The highest BCUT2D eigenvalue weighted by atomic mass is 32.2. The van der Waals surface area contributed by atoms with Crippen molar-refractivity contribution in [2.75, 3.05) is 128 Å². The lowest BCUT2D eigenvalue weighted by Crippen LogP contribution is -2.66. The van der Waals surface area contributed by atoms with Gasteiger partial charge in [-0.15, -0.1) is 33.7 Å². The number of carbonyl (C=O) groups excluding carboxylic acids is 8. The molecule has 7 rings (SSSR count). The summed E-state index contributed by atoms with van der Waals surface area (Å²) < 4.78 is 47.8. The van der Waals surface area contributed by atoms with Crippen molar-refractivity contribution in [1.29, 1.82) is 0 Å². The first kappa shape index (κ1) is 91.6. The zero-order valence-corrected chi connectivity index (χ0v) is 64.1. The molecule has 1 aromatic carbocycles. The number of amides is 9. The van der Waals surface area contributed by atoms with Crippen LogP contribution in [0.2, 0.25) is 0 Å². The molecule has 0 radical (unpaired) electrons. The Morgan fingerprint density at radius 1 is 0.616 bits per heavy atom. The number of fused-ring (bicyclic) bond motifs is 1. The highest BCUT2D eigenvalue weighted by Crippen LogP contribution is 2.42. The number of unbranched alkanes of at least 4 members (excludes halogenated alkanes) is 1. The van der Waals surface area contributed by atoms with E-state index in [1.54, 1.807) is 24.2 Å². The molecule has 43 nitrogen and oxygen atoms in total. The number of aromatic nitrogens is 6. The van der Waals surface area contributed by atoms with Crippen molar-refractivity contribution >= 4 is 100 Å².